The molecule has 2 rings (SSSR count). The van der Waals surface area contributed by atoms with Crippen LogP contribution in [-0.4, -0.2) is 24.3 Å². The fourth-order valence-corrected chi connectivity index (χ4v) is 3.03. The summed E-state index contributed by atoms with van der Waals surface area (Å²) in [5.74, 6) is 1.45. The second-order valence-electron chi connectivity index (χ2n) is 5.87. The number of benzene rings is 2. The highest BCUT2D eigenvalue weighted by Gasteiger charge is 2.03. The highest BCUT2D eigenvalue weighted by molar-refractivity contribution is 8.00. The Hall–Kier alpha value is -1.94. The Kier molecular flexibility index (Phi) is 7.69. The van der Waals surface area contributed by atoms with Gasteiger partial charge in [-0.25, -0.2) is 0 Å². The van der Waals surface area contributed by atoms with Crippen molar-refractivity contribution in [3.8, 4) is 5.75 Å². The van der Waals surface area contributed by atoms with Crippen LogP contribution in [0.25, 0.3) is 0 Å². The quantitative estimate of drug-likeness (QED) is 0.544. The first-order valence-corrected chi connectivity index (χ1v) is 9.32. The number of ether oxygens (including phenoxy) is 1. The number of carbonyl (C=O) groups excluding carboxylic acids is 1. The van der Waals surface area contributed by atoms with Gasteiger partial charge in [0, 0.05) is 11.4 Å². The van der Waals surface area contributed by atoms with Crippen molar-refractivity contribution in [2.45, 2.75) is 37.7 Å². The maximum Gasteiger partial charge on any atom is 0.230 e. The first kappa shape index (κ1) is 18.4. The molecule has 0 aliphatic carbocycles. The molecule has 0 heterocycles. The van der Waals surface area contributed by atoms with Crippen molar-refractivity contribution in [3.63, 3.8) is 0 Å². The lowest BCUT2D eigenvalue weighted by molar-refractivity contribution is -0.118. The summed E-state index contributed by atoms with van der Waals surface area (Å²) in [6, 6.07) is 18.1. The van der Waals surface area contributed by atoms with Crippen molar-refractivity contribution < 1.29 is 9.53 Å². The summed E-state index contributed by atoms with van der Waals surface area (Å²) in [5, 5.41) is 2.98. The van der Waals surface area contributed by atoms with Gasteiger partial charge in [-0.2, -0.15) is 0 Å². The number of nitrogens with one attached hydrogen (secondary N) is 1. The van der Waals surface area contributed by atoms with Crippen LogP contribution in [0.5, 0.6) is 5.75 Å². The monoisotopic (exact) mass is 343 g/mol. The Morgan fingerprint density at radius 3 is 2.67 bits per heavy atom. The van der Waals surface area contributed by atoms with Crippen LogP contribution in [-0.2, 0) is 11.2 Å². The van der Waals surface area contributed by atoms with Crippen LogP contribution in [0.3, 0.4) is 0 Å². The average Bonchev–Trinajstić information content (AvgIpc) is 2.58. The SMILES string of the molecule is CC(C)Oc1cccc(CCCNC(=O)CSc2ccccc2)c1. The fraction of sp³-hybridized carbons (Fsp3) is 0.350. The van der Waals surface area contributed by atoms with E-state index in [1.54, 1.807) is 11.8 Å². The third-order valence-corrected chi connectivity index (χ3v) is 4.36. The normalized spacial score (nSPS) is 10.6. The summed E-state index contributed by atoms with van der Waals surface area (Å²) < 4.78 is 5.70. The number of carbonyl (C=O) groups is 1. The molecule has 0 aliphatic rings. The first-order chi connectivity index (χ1) is 11.6. The Morgan fingerprint density at radius 2 is 1.92 bits per heavy atom. The Bertz CT molecular complexity index is 629. The molecule has 0 bridgehead atoms. The van der Waals surface area contributed by atoms with E-state index in [9.17, 15) is 4.79 Å². The van der Waals surface area contributed by atoms with Crippen molar-refractivity contribution in [1.82, 2.24) is 5.32 Å². The summed E-state index contributed by atoms with van der Waals surface area (Å²) in [4.78, 5) is 13.0. The minimum Gasteiger partial charge on any atom is -0.491 e. The van der Waals surface area contributed by atoms with Gasteiger partial charge in [-0.1, -0.05) is 30.3 Å². The average molecular weight is 343 g/mol. The molecule has 2 aromatic rings. The van der Waals surface area contributed by atoms with Crippen LogP contribution >= 0.6 is 11.8 Å². The molecule has 0 saturated carbocycles. The Morgan fingerprint density at radius 1 is 1.12 bits per heavy atom. The minimum absolute atomic E-state index is 0.0840. The van der Waals surface area contributed by atoms with E-state index in [1.165, 1.54) is 5.56 Å². The van der Waals surface area contributed by atoms with Gasteiger partial charge >= 0.3 is 0 Å². The maximum atomic E-state index is 11.9. The van der Waals surface area contributed by atoms with Gasteiger partial charge in [-0.05, 0) is 56.5 Å². The highest BCUT2D eigenvalue weighted by atomic mass is 32.2. The fourth-order valence-electron chi connectivity index (χ4n) is 2.28. The molecule has 2 aromatic carbocycles. The predicted octanol–water partition coefficient (Wildman–Crippen LogP) is 4.31. The van der Waals surface area contributed by atoms with Crippen molar-refractivity contribution in [2.75, 3.05) is 12.3 Å². The maximum absolute atomic E-state index is 11.9. The topological polar surface area (TPSA) is 38.3 Å². The van der Waals surface area contributed by atoms with E-state index in [4.69, 9.17) is 4.74 Å². The van der Waals surface area contributed by atoms with Crippen LogP contribution < -0.4 is 10.1 Å². The first-order valence-electron chi connectivity index (χ1n) is 8.33. The molecule has 0 spiro atoms. The van der Waals surface area contributed by atoms with Gasteiger partial charge in [0.05, 0.1) is 11.9 Å². The number of hydrogen-bond acceptors (Lipinski definition) is 3. The van der Waals surface area contributed by atoms with Crippen LogP contribution in [0.2, 0.25) is 0 Å². The zero-order chi connectivity index (χ0) is 17.2. The number of amides is 1. The molecule has 0 saturated heterocycles. The Labute approximate surface area is 148 Å². The van der Waals surface area contributed by atoms with Crippen LogP contribution in [0, 0.1) is 0 Å². The van der Waals surface area contributed by atoms with E-state index in [0.717, 1.165) is 23.5 Å². The standard InChI is InChI=1S/C20H25NO2S/c1-16(2)23-18-10-6-8-17(14-18)9-7-13-21-20(22)15-24-19-11-4-3-5-12-19/h3-6,8,10-12,14,16H,7,9,13,15H2,1-2H3,(H,21,22). The van der Waals surface area contributed by atoms with Crippen LogP contribution in [0.4, 0.5) is 0 Å². The zero-order valence-electron chi connectivity index (χ0n) is 14.3. The second-order valence-corrected chi connectivity index (χ2v) is 6.92. The molecule has 128 valence electrons. The van der Waals surface area contributed by atoms with Gasteiger partial charge in [0.15, 0.2) is 0 Å². The summed E-state index contributed by atoms with van der Waals surface area (Å²) in [7, 11) is 0. The molecule has 4 heteroatoms. The molecule has 0 unspecified atom stereocenters. The van der Waals surface area contributed by atoms with E-state index in [-0.39, 0.29) is 12.0 Å². The summed E-state index contributed by atoms with van der Waals surface area (Å²) >= 11 is 1.56. The molecule has 1 N–H and O–H groups in total. The number of rotatable bonds is 9. The molecule has 0 aromatic heterocycles. The second kappa shape index (κ2) is 10.0. The molecule has 3 nitrogen and oxygen atoms in total. The summed E-state index contributed by atoms with van der Waals surface area (Å²) in [5.41, 5.74) is 1.24. The van der Waals surface area contributed by atoms with Crippen molar-refractivity contribution in [3.05, 3.63) is 60.2 Å². The van der Waals surface area contributed by atoms with Gasteiger partial charge in [-0.3, -0.25) is 4.79 Å². The molecule has 0 aliphatic heterocycles. The number of thioether (sulfide) groups is 1. The third-order valence-electron chi connectivity index (χ3n) is 3.35. The van der Waals surface area contributed by atoms with Gasteiger partial charge < -0.3 is 10.1 Å². The number of hydrogen-bond donors (Lipinski definition) is 1. The number of aryl methyl sites for hydroxylation is 1. The largest absolute Gasteiger partial charge is 0.491 e. The lowest BCUT2D eigenvalue weighted by Crippen LogP contribution is -2.26. The van der Waals surface area contributed by atoms with E-state index in [1.807, 2.05) is 56.3 Å². The minimum atomic E-state index is 0.0840. The van der Waals surface area contributed by atoms with Crippen LogP contribution in [0.1, 0.15) is 25.8 Å². The molecule has 0 fully saturated rings. The molecule has 0 radical (unpaired) electrons. The van der Waals surface area contributed by atoms with Crippen molar-refractivity contribution >= 4 is 17.7 Å². The van der Waals surface area contributed by atoms with E-state index >= 15 is 0 Å². The molecule has 0 atom stereocenters. The predicted molar refractivity (Wildman–Crippen MR) is 101 cm³/mol. The van der Waals surface area contributed by atoms with E-state index in [2.05, 4.69) is 17.4 Å². The summed E-state index contributed by atoms with van der Waals surface area (Å²) in [6.45, 7) is 4.74. The van der Waals surface area contributed by atoms with Gasteiger partial charge in [-0.15, -0.1) is 11.8 Å². The van der Waals surface area contributed by atoms with E-state index < -0.39 is 0 Å². The van der Waals surface area contributed by atoms with Gasteiger partial charge in [0.25, 0.3) is 0 Å². The van der Waals surface area contributed by atoms with Crippen molar-refractivity contribution in [2.24, 2.45) is 0 Å². The van der Waals surface area contributed by atoms with E-state index in [0.29, 0.717) is 12.3 Å². The lowest BCUT2D eigenvalue weighted by atomic mass is 10.1. The third kappa shape index (κ3) is 7.09. The van der Waals surface area contributed by atoms with Crippen molar-refractivity contribution in [1.29, 1.82) is 0 Å². The molecule has 1 amide bonds. The molecular formula is C20H25NO2S. The lowest BCUT2D eigenvalue weighted by Gasteiger charge is -2.11. The Balaban J connectivity index is 1.64. The molecular weight excluding hydrogens is 318 g/mol. The van der Waals surface area contributed by atoms with Gasteiger partial charge in [0.2, 0.25) is 5.91 Å². The summed E-state index contributed by atoms with van der Waals surface area (Å²) in [6.07, 6.45) is 2.04. The molecule has 24 heavy (non-hydrogen) atoms. The highest BCUT2D eigenvalue weighted by Crippen LogP contribution is 2.17. The van der Waals surface area contributed by atoms with Gasteiger partial charge in [0.1, 0.15) is 5.75 Å². The zero-order valence-corrected chi connectivity index (χ0v) is 15.1. The smallest absolute Gasteiger partial charge is 0.230 e. The van der Waals surface area contributed by atoms with Crippen LogP contribution in [0.15, 0.2) is 59.5 Å².